The van der Waals surface area contributed by atoms with Gasteiger partial charge in [-0.2, -0.15) is 11.8 Å². The standard InChI is InChI=1S/C15H25NO2S2/c1-3-4-5-6-7-8-9-19-11-12-10-13(14(16)20-12)15(17)18-2/h10H,3-9,11,16H2,1-2H3. The molecular weight excluding hydrogens is 290 g/mol. The van der Waals surface area contributed by atoms with Gasteiger partial charge in [-0.15, -0.1) is 11.3 Å². The van der Waals surface area contributed by atoms with Crippen LogP contribution in [0.25, 0.3) is 0 Å². The normalized spacial score (nSPS) is 10.7. The first-order valence-corrected chi connectivity index (χ1v) is 9.20. The summed E-state index contributed by atoms with van der Waals surface area (Å²) in [4.78, 5) is 12.6. The fourth-order valence-electron chi connectivity index (χ4n) is 1.96. The largest absolute Gasteiger partial charge is 0.465 e. The Kier molecular flexibility index (Phi) is 8.78. The Morgan fingerprint density at radius 2 is 2.00 bits per heavy atom. The number of anilines is 1. The number of thioether (sulfide) groups is 1. The first kappa shape index (κ1) is 17.4. The number of carbonyl (C=O) groups is 1. The van der Waals surface area contributed by atoms with Crippen molar-refractivity contribution in [2.24, 2.45) is 0 Å². The Hall–Kier alpha value is -0.680. The summed E-state index contributed by atoms with van der Waals surface area (Å²) in [6, 6.07) is 1.86. The summed E-state index contributed by atoms with van der Waals surface area (Å²) < 4.78 is 4.70. The van der Waals surface area contributed by atoms with Gasteiger partial charge in [-0.05, 0) is 18.2 Å². The van der Waals surface area contributed by atoms with E-state index in [4.69, 9.17) is 10.5 Å². The van der Waals surface area contributed by atoms with Crippen molar-refractivity contribution in [2.45, 2.75) is 51.2 Å². The van der Waals surface area contributed by atoms with Crippen LogP contribution in [0.2, 0.25) is 0 Å². The van der Waals surface area contributed by atoms with Crippen LogP contribution in [0.3, 0.4) is 0 Å². The molecule has 0 fully saturated rings. The smallest absolute Gasteiger partial charge is 0.340 e. The summed E-state index contributed by atoms with van der Waals surface area (Å²) >= 11 is 3.40. The van der Waals surface area contributed by atoms with Gasteiger partial charge in [0, 0.05) is 10.6 Å². The summed E-state index contributed by atoms with van der Waals surface area (Å²) in [6.45, 7) is 2.24. The van der Waals surface area contributed by atoms with Gasteiger partial charge in [0.1, 0.15) is 5.00 Å². The Morgan fingerprint density at radius 3 is 2.70 bits per heavy atom. The van der Waals surface area contributed by atoms with Crippen molar-refractivity contribution in [1.29, 1.82) is 0 Å². The Bertz CT molecular complexity index is 405. The maximum absolute atomic E-state index is 11.4. The number of hydrogen-bond acceptors (Lipinski definition) is 5. The average Bonchev–Trinajstić information content (AvgIpc) is 2.82. The molecule has 0 aliphatic heterocycles. The third kappa shape index (κ3) is 6.18. The second-order valence-corrected chi connectivity index (χ2v) is 7.08. The van der Waals surface area contributed by atoms with Crippen molar-refractivity contribution in [3.63, 3.8) is 0 Å². The van der Waals surface area contributed by atoms with Gasteiger partial charge in [-0.25, -0.2) is 4.79 Å². The minimum Gasteiger partial charge on any atom is -0.465 e. The molecule has 5 heteroatoms. The Morgan fingerprint density at radius 1 is 1.30 bits per heavy atom. The molecule has 0 unspecified atom stereocenters. The molecule has 20 heavy (non-hydrogen) atoms. The van der Waals surface area contributed by atoms with E-state index in [1.807, 2.05) is 17.8 Å². The molecule has 0 aromatic carbocycles. The number of hydrogen-bond donors (Lipinski definition) is 1. The predicted octanol–water partition coefficient (Wildman–Crippen LogP) is 4.71. The zero-order chi connectivity index (χ0) is 14.8. The van der Waals surface area contributed by atoms with Gasteiger partial charge in [-0.3, -0.25) is 0 Å². The van der Waals surface area contributed by atoms with E-state index in [0.29, 0.717) is 10.6 Å². The SMILES string of the molecule is CCCCCCCCSCc1cc(C(=O)OC)c(N)s1. The van der Waals surface area contributed by atoms with Gasteiger partial charge in [0.15, 0.2) is 0 Å². The van der Waals surface area contributed by atoms with Gasteiger partial charge >= 0.3 is 5.97 Å². The van der Waals surface area contributed by atoms with Crippen molar-refractivity contribution in [3.05, 3.63) is 16.5 Å². The molecule has 1 aromatic heterocycles. The number of ether oxygens (including phenoxy) is 1. The Balaban J connectivity index is 2.18. The van der Waals surface area contributed by atoms with Crippen LogP contribution in [0.15, 0.2) is 6.07 Å². The highest BCUT2D eigenvalue weighted by Gasteiger charge is 2.14. The van der Waals surface area contributed by atoms with E-state index in [1.165, 1.54) is 62.7 Å². The van der Waals surface area contributed by atoms with Crippen molar-refractivity contribution < 1.29 is 9.53 Å². The van der Waals surface area contributed by atoms with Gasteiger partial charge in [0.2, 0.25) is 0 Å². The number of thiophene rings is 1. The van der Waals surface area contributed by atoms with E-state index in [9.17, 15) is 4.79 Å². The predicted molar refractivity (Wildman–Crippen MR) is 89.6 cm³/mol. The van der Waals surface area contributed by atoms with Crippen LogP contribution in [0.5, 0.6) is 0 Å². The number of nitrogens with two attached hydrogens (primary N) is 1. The molecule has 0 aliphatic carbocycles. The van der Waals surface area contributed by atoms with Gasteiger partial charge in [0.05, 0.1) is 12.7 Å². The summed E-state index contributed by atoms with van der Waals surface area (Å²) in [7, 11) is 1.38. The molecule has 1 heterocycles. The van der Waals surface area contributed by atoms with E-state index in [1.54, 1.807) is 0 Å². The maximum atomic E-state index is 11.4. The second kappa shape index (κ2) is 10.1. The summed E-state index contributed by atoms with van der Waals surface area (Å²) in [5.74, 6) is 1.77. The van der Waals surface area contributed by atoms with Crippen LogP contribution < -0.4 is 5.73 Å². The molecule has 0 bridgehead atoms. The maximum Gasteiger partial charge on any atom is 0.340 e. The molecule has 0 aliphatic rings. The molecular formula is C15H25NO2S2. The van der Waals surface area contributed by atoms with Crippen molar-refractivity contribution >= 4 is 34.1 Å². The van der Waals surface area contributed by atoms with Crippen LogP contribution in [-0.4, -0.2) is 18.8 Å². The molecule has 0 amide bonds. The number of unbranched alkanes of at least 4 members (excludes halogenated alkanes) is 5. The monoisotopic (exact) mass is 315 g/mol. The number of esters is 1. The molecule has 114 valence electrons. The van der Waals surface area contributed by atoms with Gasteiger partial charge in [-0.1, -0.05) is 39.0 Å². The lowest BCUT2D eigenvalue weighted by molar-refractivity contribution is 0.0602. The minimum absolute atomic E-state index is 0.342. The molecule has 1 aromatic rings. The lowest BCUT2D eigenvalue weighted by atomic mass is 10.1. The quantitative estimate of drug-likeness (QED) is 0.502. The lowest BCUT2D eigenvalue weighted by Gasteiger charge is -2.00. The summed E-state index contributed by atoms with van der Waals surface area (Å²) in [6.07, 6.45) is 7.99. The van der Waals surface area contributed by atoms with Crippen LogP contribution in [-0.2, 0) is 10.5 Å². The number of nitrogen functional groups attached to an aromatic ring is 1. The molecule has 0 saturated heterocycles. The van der Waals surface area contributed by atoms with Crippen LogP contribution in [0.4, 0.5) is 5.00 Å². The number of carbonyl (C=O) groups excluding carboxylic acids is 1. The van der Waals surface area contributed by atoms with E-state index in [-0.39, 0.29) is 5.97 Å². The van der Waals surface area contributed by atoms with Crippen molar-refractivity contribution in [2.75, 3.05) is 18.6 Å². The van der Waals surface area contributed by atoms with Crippen LogP contribution in [0, 0.1) is 0 Å². The molecule has 2 N–H and O–H groups in total. The third-order valence-electron chi connectivity index (χ3n) is 3.10. The zero-order valence-electron chi connectivity index (χ0n) is 12.4. The van der Waals surface area contributed by atoms with Gasteiger partial charge < -0.3 is 10.5 Å². The third-order valence-corrected chi connectivity index (χ3v) is 5.34. The van der Waals surface area contributed by atoms with Crippen molar-refractivity contribution in [1.82, 2.24) is 0 Å². The van der Waals surface area contributed by atoms with Gasteiger partial charge in [0.25, 0.3) is 0 Å². The minimum atomic E-state index is -0.342. The Labute approximate surface area is 130 Å². The molecule has 0 spiro atoms. The average molecular weight is 316 g/mol. The molecule has 1 rings (SSSR count). The summed E-state index contributed by atoms with van der Waals surface area (Å²) in [5.41, 5.74) is 6.33. The molecule has 0 atom stereocenters. The lowest BCUT2D eigenvalue weighted by Crippen LogP contribution is -2.01. The number of methoxy groups -OCH3 is 1. The van der Waals surface area contributed by atoms with E-state index >= 15 is 0 Å². The first-order valence-electron chi connectivity index (χ1n) is 7.23. The zero-order valence-corrected chi connectivity index (χ0v) is 14.1. The van der Waals surface area contributed by atoms with Crippen molar-refractivity contribution in [3.8, 4) is 0 Å². The molecule has 3 nitrogen and oxygen atoms in total. The van der Waals surface area contributed by atoms with E-state index in [0.717, 1.165) is 10.6 Å². The highest BCUT2D eigenvalue weighted by Crippen LogP contribution is 2.29. The summed E-state index contributed by atoms with van der Waals surface area (Å²) in [5, 5.41) is 0.562. The second-order valence-electron chi connectivity index (χ2n) is 4.80. The number of rotatable bonds is 10. The van der Waals surface area contributed by atoms with Crippen LogP contribution >= 0.6 is 23.1 Å². The molecule has 0 saturated carbocycles. The van der Waals surface area contributed by atoms with E-state index in [2.05, 4.69) is 6.92 Å². The fraction of sp³-hybridized carbons (Fsp3) is 0.667. The molecule has 0 radical (unpaired) electrons. The first-order chi connectivity index (χ1) is 9.69. The highest BCUT2D eigenvalue weighted by molar-refractivity contribution is 7.98. The topological polar surface area (TPSA) is 52.3 Å². The fourth-order valence-corrected chi connectivity index (χ4v) is 3.99. The van der Waals surface area contributed by atoms with E-state index < -0.39 is 0 Å². The van der Waals surface area contributed by atoms with Crippen LogP contribution in [0.1, 0.15) is 60.7 Å². The highest BCUT2D eigenvalue weighted by atomic mass is 32.2.